The van der Waals surface area contributed by atoms with Crippen molar-refractivity contribution in [3.63, 3.8) is 0 Å². The van der Waals surface area contributed by atoms with Gasteiger partial charge in [0, 0.05) is 13.0 Å². The summed E-state index contributed by atoms with van der Waals surface area (Å²) < 4.78 is 5.78. The van der Waals surface area contributed by atoms with Gasteiger partial charge in [-0.15, -0.1) is 0 Å². The van der Waals surface area contributed by atoms with Gasteiger partial charge < -0.3 is 9.84 Å². The van der Waals surface area contributed by atoms with Gasteiger partial charge in [-0.05, 0) is 32.4 Å². The number of hydrogen-bond acceptors (Lipinski definition) is 3. The van der Waals surface area contributed by atoms with Crippen molar-refractivity contribution in [1.82, 2.24) is 5.32 Å². The van der Waals surface area contributed by atoms with E-state index in [4.69, 9.17) is 9.84 Å². The number of aliphatic carboxylic acids is 1. The maximum absolute atomic E-state index is 11.0. The minimum atomic E-state index is -0.923. The Morgan fingerprint density at radius 1 is 1.56 bits per heavy atom. The molecule has 1 heterocycles. The predicted octanol–water partition coefficient (Wildman–Crippen LogP) is 1.75. The van der Waals surface area contributed by atoms with E-state index >= 15 is 0 Å². The van der Waals surface area contributed by atoms with Crippen LogP contribution in [-0.2, 0) is 11.2 Å². The van der Waals surface area contributed by atoms with Crippen molar-refractivity contribution < 1.29 is 14.6 Å². The van der Waals surface area contributed by atoms with Crippen molar-refractivity contribution in [2.24, 2.45) is 0 Å². The van der Waals surface area contributed by atoms with E-state index in [0.29, 0.717) is 6.54 Å². The molecule has 2 rings (SSSR count). The number of carbonyl (C=O) groups is 1. The van der Waals surface area contributed by atoms with Crippen molar-refractivity contribution in [3.05, 3.63) is 29.3 Å². The molecule has 98 valence electrons. The largest absolute Gasteiger partial charge is 0.488 e. The highest BCUT2D eigenvalue weighted by atomic mass is 16.5. The second-order valence-corrected chi connectivity index (χ2v) is 5.37. The van der Waals surface area contributed by atoms with Crippen molar-refractivity contribution in [2.75, 3.05) is 6.54 Å². The molecule has 0 spiro atoms. The van der Waals surface area contributed by atoms with Crippen LogP contribution in [0.15, 0.2) is 18.2 Å². The molecule has 2 N–H and O–H groups in total. The minimum absolute atomic E-state index is 0.0143. The summed E-state index contributed by atoms with van der Waals surface area (Å²) in [7, 11) is 0. The van der Waals surface area contributed by atoms with E-state index in [2.05, 4.69) is 18.3 Å². The molecule has 1 unspecified atom stereocenters. The SMILES string of the molecule is Cc1ccc2c(c1)CC(CNC(C)(C)C(=O)O)O2. The van der Waals surface area contributed by atoms with Crippen LogP contribution in [0.1, 0.15) is 25.0 Å². The van der Waals surface area contributed by atoms with Gasteiger partial charge in [0.25, 0.3) is 0 Å². The molecule has 4 heteroatoms. The molecule has 0 aliphatic carbocycles. The molecule has 4 nitrogen and oxygen atoms in total. The number of hydrogen-bond donors (Lipinski definition) is 2. The Labute approximate surface area is 107 Å². The molecule has 0 fully saturated rings. The highest BCUT2D eigenvalue weighted by Gasteiger charge is 2.29. The van der Waals surface area contributed by atoms with Crippen molar-refractivity contribution in [3.8, 4) is 5.75 Å². The average molecular weight is 249 g/mol. The van der Waals surface area contributed by atoms with Crippen molar-refractivity contribution in [2.45, 2.75) is 38.8 Å². The standard InChI is InChI=1S/C14H19NO3/c1-9-4-5-12-10(6-9)7-11(18-12)8-15-14(2,3)13(16)17/h4-6,11,15H,7-8H2,1-3H3,(H,16,17). The quantitative estimate of drug-likeness (QED) is 0.853. The molecule has 0 bridgehead atoms. The lowest BCUT2D eigenvalue weighted by Crippen LogP contribution is -2.50. The van der Waals surface area contributed by atoms with Crippen LogP contribution in [0.25, 0.3) is 0 Å². The fourth-order valence-corrected chi connectivity index (χ4v) is 2.01. The molecule has 0 radical (unpaired) electrons. The molecule has 0 saturated heterocycles. The topological polar surface area (TPSA) is 58.6 Å². The monoisotopic (exact) mass is 249 g/mol. The molecule has 1 aromatic carbocycles. The van der Waals surface area contributed by atoms with Gasteiger partial charge in [0.15, 0.2) is 0 Å². The fraction of sp³-hybridized carbons (Fsp3) is 0.500. The summed E-state index contributed by atoms with van der Waals surface area (Å²) in [6.45, 7) is 5.90. The highest BCUT2D eigenvalue weighted by Crippen LogP contribution is 2.29. The Hall–Kier alpha value is -1.55. The summed E-state index contributed by atoms with van der Waals surface area (Å²) in [5.74, 6) is 0.0642. The molecule has 0 amide bonds. The Kier molecular flexibility index (Phi) is 3.30. The van der Waals surface area contributed by atoms with E-state index in [9.17, 15) is 4.79 Å². The van der Waals surface area contributed by atoms with Crippen LogP contribution in [0.4, 0.5) is 0 Å². The van der Waals surface area contributed by atoms with E-state index in [-0.39, 0.29) is 6.10 Å². The highest BCUT2D eigenvalue weighted by molar-refractivity contribution is 5.77. The van der Waals surface area contributed by atoms with Gasteiger partial charge in [-0.3, -0.25) is 10.1 Å². The first-order valence-electron chi connectivity index (χ1n) is 6.13. The van der Waals surface area contributed by atoms with Gasteiger partial charge in [0.2, 0.25) is 0 Å². The zero-order chi connectivity index (χ0) is 13.3. The smallest absolute Gasteiger partial charge is 0.323 e. The van der Waals surface area contributed by atoms with Gasteiger partial charge in [-0.2, -0.15) is 0 Å². The third-order valence-electron chi connectivity index (χ3n) is 3.26. The third kappa shape index (κ3) is 2.64. The average Bonchev–Trinajstić information content (AvgIpc) is 2.68. The van der Waals surface area contributed by atoms with Crippen LogP contribution in [-0.4, -0.2) is 29.3 Å². The molecule has 18 heavy (non-hydrogen) atoms. The number of fused-ring (bicyclic) bond motifs is 1. The molecular weight excluding hydrogens is 230 g/mol. The molecule has 1 atom stereocenters. The number of benzene rings is 1. The Morgan fingerprint density at radius 2 is 2.28 bits per heavy atom. The Balaban J connectivity index is 1.94. The summed E-state index contributed by atoms with van der Waals surface area (Å²) in [5.41, 5.74) is 1.50. The van der Waals surface area contributed by atoms with Crippen LogP contribution in [0.3, 0.4) is 0 Å². The molecule has 1 aliphatic rings. The van der Waals surface area contributed by atoms with Gasteiger partial charge >= 0.3 is 5.97 Å². The van der Waals surface area contributed by atoms with Crippen LogP contribution in [0.2, 0.25) is 0 Å². The maximum Gasteiger partial charge on any atom is 0.323 e. The minimum Gasteiger partial charge on any atom is -0.488 e. The number of carboxylic acid groups (broad SMARTS) is 1. The van der Waals surface area contributed by atoms with Gasteiger partial charge in [-0.1, -0.05) is 17.7 Å². The molecular formula is C14H19NO3. The zero-order valence-corrected chi connectivity index (χ0v) is 11.0. The second-order valence-electron chi connectivity index (χ2n) is 5.37. The van der Waals surface area contributed by atoms with Crippen molar-refractivity contribution in [1.29, 1.82) is 0 Å². The molecule has 0 aromatic heterocycles. The number of ether oxygens (including phenoxy) is 1. The van der Waals surface area contributed by atoms with Crippen molar-refractivity contribution >= 4 is 5.97 Å². The van der Waals surface area contributed by atoms with Crippen LogP contribution >= 0.6 is 0 Å². The van der Waals surface area contributed by atoms with E-state index in [1.807, 2.05) is 12.1 Å². The number of carboxylic acids is 1. The van der Waals surface area contributed by atoms with E-state index < -0.39 is 11.5 Å². The van der Waals surface area contributed by atoms with Gasteiger partial charge in [0.1, 0.15) is 17.4 Å². The zero-order valence-electron chi connectivity index (χ0n) is 11.0. The first kappa shape index (κ1) is 12.9. The van der Waals surface area contributed by atoms with Crippen LogP contribution in [0.5, 0.6) is 5.75 Å². The lowest BCUT2D eigenvalue weighted by atomic mass is 10.0. The molecule has 1 aromatic rings. The van der Waals surface area contributed by atoms with E-state index in [1.54, 1.807) is 13.8 Å². The summed E-state index contributed by atoms with van der Waals surface area (Å²) in [5, 5.41) is 12.0. The summed E-state index contributed by atoms with van der Waals surface area (Å²) >= 11 is 0. The Bertz CT molecular complexity index is 468. The van der Waals surface area contributed by atoms with E-state index in [0.717, 1.165) is 12.2 Å². The summed E-state index contributed by atoms with van der Waals surface area (Å²) in [6, 6.07) is 6.13. The number of rotatable bonds is 4. The van der Waals surface area contributed by atoms with Crippen LogP contribution < -0.4 is 10.1 Å². The lowest BCUT2D eigenvalue weighted by Gasteiger charge is -2.23. The predicted molar refractivity (Wildman–Crippen MR) is 69.0 cm³/mol. The lowest BCUT2D eigenvalue weighted by molar-refractivity contribution is -0.143. The number of nitrogens with one attached hydrogen (secondary N) is 1. The van der Waals surface area contributed by atoms with Gasteiger partial charge in [0.05, 0.1) is 0 Å². The van der Waals surface area contributed by atoms with E-state index in [1.165, 1.54) is 11.1 Å². The molecule has 1 aliphatic heterocycles. The summed E-state index contributed by atoms with van der Waals surface area (Å²) in [6.07, 6.45) is 0.847. The first-order valence-corrected chi connectivity index (χ1v) is 6.13. The number of aryl methyl sites for hydroxylation is 1. The van der Waals surface area contributed by atoms with Crippen LogP contribution in [0, 0.1) is 6.92 Å². The normalized spacial score (nSPS) is 18.3. The Morgan fingerprint density at radius 3 is 2.94 bits per heavy atom. The summed E-state index contributed by atoms with van der Waals surface area (Å²) in [4.78, 5) is 11.0. The maximum atomic E-state index is 11.0. The second kappa shape index (κ2) is 4.61. The molecule has 0 saturated carbocycles. The third-order valence-corrected chi connectivity index (χ3v) is 3.26. The first-order chi connectivity index (χ1) is 8.38. The van der Waals surface area contributed by atoms with Gasteiger partial charge in [-0.25, -0.2) is 0 Å². The fourth-order valence-electron chi connectivity index (χ4n) is 2.01.